The molecule has 0 heterocycles. The Bertz CT molecular complexity index is 496. The lowest BCUT2D eigenvalue weighted by atomic mass is 9.73. The van der Waals surface area contributed by atoms with Gasteiger partial charge in [0.15, 0.2) is 17.7 Å². The molecule has 9 heteroatoms. The maximum atomic E-state index is 11.7. The Kier molecular flexibility index (Phi) is 5.21. The first-order valence-electron chi connectivity index (χ1n) is 6.42. The molecule has 1 aliphatic carbocycles. The molecular weight excluding hydrogens is 300 g/mol. The molecule has 1 aliphatic rings. The van der Waals surface area contributed by atoms with Crippen molar-refractivity contribution in [3.63, 3.8) is 0 Å². The smallest absolute Gasteiger partial charge is 0.337 e. The number of aliphatic hydroxyl groups is 4. The Labute approximate surface area is 125 Å². The van der Waals surface area contributed by atoms with Gasteiger partial charge in [0.25, 0.3) is 0 Å². The monoisotopic (exact) mass is 318 g/mol. The van der Waals surface area contributed by atoms with E-state index in [0.29, 0.717) is 6.08 Å². The van der Waals surface area contributed by atoms with Gasteiger partial charge in [0.2, 0.25) is 5.79 Å². The zero-order valence-electron chi connectivity index (χ0n) is 12.3. The van der Waals surface area contributed by atoms with Crippen LogP contribution in [0, 0.1) is 5.92 Å². The molecule has 1 saturated carbocycles. The third-order valence-corrected chi connectivity index (χ3v) is 2.88. The second-order valence-corrected chi connectivity index (χ2v) is 5.01. The predicted octanol–water partition coefficient (Wildman–Crippen LogP) is -2.01. The zero-order chi connectivity index (χ0) is 17.3. The number of esters is 1. The van der Waals surface area contributed by atoms with Crippen molar-refractivity contribution in [2.45, 2.75) is 38.6 Å². The lowest BCUT2D eigenvalue weighted by Crippen LogP contribution is -2.63. The maximum absolute atomic E-state index is 11.7. The average molecular weight is 318 g/mol. The van der Waals surface area contributed by atoms with Crippen molar-refractivity contribution >= 4 is 17.5 Å². The van der Waals surface area contributed by atoms with E-state index in [2.05, 4.69) is 4.74 Å². The summed E-state index contributed by atoms with van der Waals surface area (Å²) in [7, 11) is 0. The lowest BCUT2D eigenvalue weighted by molar-refractivity contribution is -0.305. The molecule has 4 N–H and O–H groups in total. The minimum Gasteiger partial charge on any atom is -0.405 e. The Morgan fingerprint density at radius 2 is 1.73 bits per heavy atom. The van der Waals surface area contributed by atoms with E-state index in [0.717, 1.165) is 13.8 Å². The predicted molar refractivity (Wildman–Crippen MR) is 68.8 cm³/mol. The highest BCUT2D eigenvalue weighted by Gasteiger charge is 2.59. The van der Waals surface area contributed by atoms with Gasteiger partial charge in [0.1, 0.15) is 5.92 Å². The van der Waals surface area contributed by atoms with Crippen LogP contribution in [0.15, 0.2) is 11.6 Å². The lowest BCUT2D eigenvalue weighted by Gasteiger charge is -2.37. The molecule has 0 saturated heterocycles. The highest BCUT2D eigenvalue weighted by molar-refractivity contribution is 6.27. The van der Waals surface area contributed by atoms with Gasteiger partial charge in [-0.15, -0.1) is 0 Å². The Hall–Kier alpha value is -1.65. The maximum Gasteiger partial charge on any atom is 0.337 e. The summed E-state index contributed by atoms with van der Waals surface area (Å²) in [5.74, 6) is -10.3. The summed E-state index contributed by atoms with van der Waals surface area (Å²) in [4.78, 5) is 34.9. The van der Waals surface area contributed by atoms with E-state index in [-0.39, 0.29) is 6.61 Å². The van der Waals surface area contributed by atoms with Crippen LogP contribution in [0.25, 0.3) is 0 Å². The van der Waals surface area contributed by atoms with Crippen LogP contribution in [0.4, 0.5) is 0 Å². The molecule has 124 valence electrons. The topological polar surface area (TPSA) is 151 Å². The van der Waals surface area contributed by atoms with Gasteiger partial charge in [-0.05, 0) is 19.9 Å². The van der Waals surface area contributed by atoms with Gasteiger partial charge >= 0.3 is 11.9 Å². The van der Waals surface area contributed by atoms with E-state index in [9.17, 15) is 24.6 Å². The van der Waals surface area contributed by atoms with Crippen molar-refractivity contribution in [2.24, 2.45) is 5.92 Å². The molecule has 9 nitrogen and oxygen atoms in total. The minimum absolute atomic E-state index is 0.103. The Morgan fingerprint density at radius 3 is 2.14 bits per heavy atom. The van der Waals surface area contributed by atoms with Gasteiger partial charge in [-0.3, -0.25) is 9.59 Å². The van der Waals surface area contributed by atoms with E-state index in [4.69, 9.17) is 14.9 Å². The average Bonchev–Trinajstić information content (AvgIpc) is 2.33. The van der Waals surface area contributed by atoms with E-state index in [1.54, 1.807) is 6.92 Å². The highest BCUT2D eigenvalue weighted by Crippen LogP contribution is 2.32. The first kappa shape index (κ1) is 18.4. The molecule has 0 unspecified atom stereocenters. The molecule has 22 heavy (non-hydrogen) atoms. The largest absolute Gasteiger partial charge is 0.405 e. The van der Waals surface area contributed by atoms with Crippen LogP contribution in [-0.4, -0.2) is 62.4 Å². The van der Waals surface area contributed by atoms with Crippen LogP contribution < -0.4 is 0 Å². The van der Waals surface area contributed by atoms with E-state index >= 15 is 0 Å². The van der Waals surface area contributed by atoms with Crippen LogP contribution in [0.2, 0.25) is 0 Å². The molecule has 0 atom stereocenters. The second-order valence-electron chi connectivity index (χ2n) is 5.01. The number of carbonyl (C=O) groups excluding carboxylic acids is 3. The van der Waals surface area contributed by atoms with Crippen LogP contribution in [0.3, 0.4) is 0 Å². The third-order valence-electron chi connectivity index (χ3n) is 2.88. The first-order valence-corrected chi connectivity index (χ1v) is 6.42. The van der Waals surface area contributed by atoms with Crippen molar-refractivity contribution < 1.29 is 44.3 Å². The molecule has 0 aromatic heterocycles. The van der Waals surface area contributed by atoms with Gasteiger partial charge in [-0.2, -0.15) is 0 Å². The van der Waals surface area contributed by atoms with Crippen molar-refractivity contribution in [1.29, 1.82) is 0 Å². The first-order chi connectivity index (χ1) is 9.90. The summed E-state index contributed by atoms with van der Waals surface area (Å²) in [5, 5.41) is 37.5. The molecule has 0 amide bonds. The SMILES string of the molecule is CCOC1C(=O)C(C(O)(O)/C=C(\C)C(=O)OC(C)(O)O)C1=O. The Morgan fingerprint density at radius 1 is 1.23 bits per heavy atom. The third kappa shape index (κ3) is 3.96. The minimum atomic E-state index is -2.91. The number of carbonyl (C=O) groups is 3. The Balaban J connectivity index is 2.87. The molecule has 0 spiro atoms. The van der Waals surface area contributed by atoms with Gasteiger partial charge < -0.3 is 29.9 Å². The summed E-state index contributed by atoms with van der Waals surface area (Å²) >= 11 is 0. The molecule has 0 aliphatic heterocycles. The van der Waals surface area contributed by atoms with Gasteiger partial charge in [-0.25, -0.2) is 4.79 Å². The number of ketones is 2. The van der Waals surface area contributed by atoms with Crippen molar-refractivity contribution in [1.82, 2.24) is 0 Å². The van der Waals surface area contributed by atoms with Crippen molar-refractivity contribution in [2.75, 3.05) is 6.61 Å². The van der Waals surface area contributed by atoms with E-state index < -0.39 is 46.9 Å². The summed E-state index contributed by atoms with van der Waals surface area (Å²) in [6.45, 7) is 3.53. The fraction of sp³-hybridized carbons (Fsp3) is 0.615. The van der Waals surface area contributed by atoms with Gasteiger partial charge in [-0.1, -0.05) is 0 Å². The normalized spacial score (nSPS) is 23.3. The molecule has 0 bridgehead atoms. The van der Waals surface area contributed by atoms with Crippen LogP contribution in [0.1, 0.15) is 20.8 Å². The van der Waals surface area contributed by atoms with E-state index in [1.807, 2.05) is 0 Å². The van der Waals surface area contributed by atoms with Crippen molar-refractivity contribution in [3.05, 3.63) is 11.6 Å². The second kappa shape index (κ2) is 6.23. The van der Waals surface area contributed by atoms with Crippen LogP contribution in [-0.2, 0) is 23.9 Å². The van der Waals surface area contributed by atoms with Crippen molar-refractivity contribution in [3.8, 4) is 0 Å². The molecular formula is C13H18O9. The molecule has 1 fully saturated rings. The number of ether oxygens (including phenoxy) is 2. The molecule has 0 aromatic rings. The standard InChI is InChI=1S/C13H18O9/c1-4-21-10-8(14)7(9(10)15)13(19,20)5-6(2)11(16)22-12(3,17)18/h5,7,10,17-20H,4H2,1-3H3/b6-5+. The summed E-state index contributed by atoms with van der Waals surface area (Å²) in [6, 6.07) is 0. The molecule has 0 radical (unpaired) electrons. The highest BCUT2D eigenvalue weighted by atomic mass is 16.8. The summed E-state index contributed by atoms with van der Waals surface area (Å²) < 4.78 is 9.02. The van der Waals surface area contributed by atoms with Crippen LogP contribution >= 0.6 is 0 Å². The fourth-order valence-corrected chi connectivity index (χ4v) is 1.95. The van der Waals surface area contributed by atoms with E-state index in [1.165, 1.54) is 0 Å². The quantitative estimate of drug-likeness (QED) is 0.188. The molecule has 0 aromatic carbocycles. The fourth-order valence-electron chi connectivity index (χ4n) is 1.95. The van der Waals surface area contributed by atoms with Gasteiger partial charge in [0, 0.05) is 19.1 Å². The van der Waals surface area contributed by atoms with Crippen LogP contribution in [0.5, 0.6) is 0 Å². The number of Topliss-reactive ketones (excluding diaryl/α,β-unsaturated/α-hetero) is 2. The zero-order valence-corrected chi connectivity index (χ0v) is 12.3. The molecule has 1 rings (SSSR count). The number of hydrogen-bond donors (Lipinski definition) is 4. The number of rotatable bonds is 6. The summed E-state index contributed by atoms with van der Waals surface area (Å²) in [5.41, 5.74) is -0.431. The van der Waals surface area contributed by atoms with Gasteiger partial charge in [0.05, 0.1) is 0 Å². The summed E-state index contributed by atoms with van der Waals surface area (Å²) in [6.07, 6.45) is -0.809. The number of hydrogen-bond acceptors (Lipinski definition) is 9.